The summed E-state index contributed by atoms with van der Waals surface area (Å²) in [4.78, 5) is 21.2. The highest BCUT2D eigenvalue weighted by molar-refractivity contribution is 5.85. The maximum absolute atomic E-state index is 13.7. The predicted molar refractivity (Wildman–Crippen MR) is 72.3 cm³/mol. The molecule has 0 aliphatic heterocycles. The van der Waals surface area contributed by atoms with E-state index in [0.29, 0.717) is 18.5 Å². The lowest BCUT2D eigenvalue weighted by Gasteiger charge is -2.15. The van der Waals surface area contributed by atoms with E-state index < -0.39 is 0 Å². The van der Waals surface area contributed by atoms with Crippen LogP contribution in [0.2, 0.25) is 0 Å². The molecule has 1 rings (SSSR count). The first kappa shape index (κ1) is 15.1. The molecule has 0 spiro atoms. The summed E-state index contributed by atoms with van der Waals surface area (Å²) in [5.74, 6) is -0.617. The van der Waals surface area contributed by atoms with E-state index in [1.54, 1.807) is 6.07 Å². The molecule has 104 valence electrons. The molecule has 5 heteroatoms. The molecule has 0 saturated heterocycles. The average molecular weight is 266 g/mol. The molecule has 2 amide bonds. The number of carbonyl (C=O) groups is 2. The fourth-order valence-electron chi connectivity index (χ4n) is 1.72. The summed E-state index contributed by atoms with van der Waals surface area (Å²) < 4.78 is 13.7. The van der Waals surface area contributed by atoms with Crippen molar-refractivity contribution in [2.75, 3.05) is 5.32 Å². The number of hydrogen-bond donors (Lipinski definition) is 2. The van der Waals surface area contributed by atoms with Crippen molar-refractivity contribution in [3.8, 4) is 0 Å². The van der Waals surface area contributed by atoms with Gasteiger partial charge in [-0.3, -0.25) is 14.9 Å². The summed E-state index contributed by atoms with van der Waals surface area (Å²) in [7, 11) is 0. The van der Waals surface area contributed by atoms with Crippen LogP contribution in [0.1, 0.15) is 32.3 Å². The van der Waals surface area contributed by atoms with E-state index in [1.165, 1.54) is 6.07 Å². The van der Waals surface area contributed by atoms with E-state index >= 15 is 0 Å². The molecule has 0 fully saturated rings. The van der Waals surface area contributed by atoms with Crippen LogP contribution in [-0.2, 0) is 16.0 Å². The highest BCUT2D eigenvalue weighted by Crippen LogP contribution is 2.18. The van der Waals surface area contributed by atoms with Gasteiger partial charge >= 0.3 is 0 Å². The number of carbonyl (C=O) groups excluding carboxylic acids is 2. The molecular weight excluding hydrogens is 247 g/mol. The van der Waals surface area contributed by atoms with Crippen molar-refractivity contribution in [1.29, 1.82) is 0 Å². The zero-order chi connectivity index (χ0) is 14.3. The number of imide groups is 1. The van der Waals surface area contributed by atoms with E-state index in [0.717, 1.165) is 12.0 Å². The Morgan fingerprint density at radius 1 is 1.47 bits per heavy atom. The third kappa shape index (κ3) is 5.07. The molecule has 2 N–H and O–H groups in total. The summed E-state index contributed by atoms with van der Waals surface area (Å²) in [5.41, 5.74) is 1.38. The SMILES string of the molecule is CCc1ccc(NC(C)CCC(=O)NC=O)c(F)c1. The van der Waals surface area contributed by atoms with Crippen LogP contribution in [0.25, 0.3) is 0 Å². The normalized spacial score (nSPS) is 11.7. The van der Waals surface area contributed by atoms with Gasteiger partial charge in [0.2, 0.25) is 12.3 Å². The van der Waals surface area contributed by atoms with Gasteiger partial charge in [-0.05, 0) is 37.5 Å². The van der Waals surface area contributed by atoms with Crippen molar-refractivity contribution in [1.82, 2.24) is 5.32 Å². The lowest BCUT2D eigenvalue weighted by atomic mass is 10.1. The molecule has 0 bridgehead atoms. The minimum Gasteiger partial charge on any atom is -0.380 e. The molecule has 0 heterocycles. The zero-order valence-electron chi connectivity index (χ0n) is 11.2. The van der Waals surface area contributed by atoms with Crippen LogP contribution in [0.5, 0.6) is 0 Å². The Labute approximate surface area is 112 Å². The van der Waals surface area contributed by atoms with Crippen LogP contribution in [0.4, 0.5) is 10.1 Å². The highest BCUT2D eigenvalue weighted by atomic mass is 19.1. The quantitative estimate of drug-likeness (QED) is 0.744. The van der Waals surface area contributed by atoms with Crippen molar-refractivity contribution in [2.24, 2.45) is 0 Å². The zero-order valence-corrected chi connectivity index (χ0v) is 11.2. The number of aryl methyl sites for hydroxylation is 1. The van der Waals surface area contributed by atoms with Crippen molar-refractivity contribution in [3.63, 3.8) is 0 Å². The van der Waals surface area contributed by atoms with Gasteiger partial charge in [-0.25, -0.2) is 4.39 Å². The molecule has 0 aliphatic rings. The Hall–Kier alpha value is -1.91. The van der Waals surface area contributed by atoms with Gasteiger partial charge in [0.05, 0.1) is 5.69 Å². The van der Waals surface area contributed by atoms with Gasteiger partial charge in [0.15, 0.2) is 0 Å². The number of nitrogens with one attached hydrogen (secondary N) is 2. The largest absolute Gasteiger partial charge is 0.380 e. The lowest BCUT2D eigenvalue weighted by molar-refractivity contribution is -0.125. The second-order valence-electron chi connectivity index (χ2n) is 4.44. The van der Waals surface area contributed by atoms with Gasteiger partial charge in [-0.2, -0.15) is 0 Å². The van der Waals surface area contributed by atoms with Crippen LogP contribution < -0.4 is 10.6 Å². The fourth-order valence-corrected chi connectivity index (χ4v) is 1.72. The number of amides is 2. The second-order valence-corrected chi connectivity index (χ2v) is 4.44. The van der Waals surface area contributed by atoms with E-state index in [9.17, 15) is 14.0 Å². The second kappa shape index (κ2) is 7.51. The number of halogens is 1. The van der Waals surface area contributed by atoms with Crippen molar-refractivity contribution in [3.05, 3.63) is 29.6 Å². The third-order valence-electron chi connectivity index (χ3n) is 2.87. The Morgan fingerprint density at radius 3 is 2.79 bits per heavy atom. The molecule has 1 aromatic carbocycles. The monoisotopic (exact) mass is 266 g/mol. The first-order valence-corrected chi connectivity index (χ1v) is 6.34. The minimum atomic E-state index is -0.328. The molecule has 0 aliphatic carbocycles. The summed E-state index contributed by atoms with van der Waals surface area (Å²) in [5, 5.41) is 5.09. The van der Waals surface area contributed by atoms with Gasteiger partial charge in [0.1, 0.15) is 5.82 Å². The first-order chi connectivity index (χ1) is 9.06. The van der Waals surface area contributed by atoms with Crippen LogP contribution >= 0.6 is 0 Å². The number of anilines is 1. The van der Waals surface area contributed by atoms with E-state index in [4.69, 9.17) is 0 Å². The van der Waals surface area contributed by atoms with E-state index in [1.807, 2.05) is 19.9 Å². The van der Waals surface area contributed by atoms with Crippen LogP contribution in [0.15, 0.2) is 18.2 Å². The highest BCUT2D eigenvalue weighted by Gasteiger charge is 2.09. The first-order valence-electron chi connectivity index (χ1n) is 6.34. The maximum Gasteiger partial charge on any atom is 0.226 e. The van der Waals surface area contributed by atoms with E-state index in [-0.39, 0.29) is 24.2 Å². The maximum atomic E-state index is 13.7. The average Bonchev–Trinajstić information content (AvgIpc) is 2.39. The van der Waals surface area contributed by atoms with E-state index in [2.05, 4.69) is 10.6 Å². The van der Waals surface area contributed by atoms with Crippen LogP contribution in [0, 0.1) is 5.82 Å². The van der Waals surface area contributed by atoms with Gasteiger partial charge in [-0.1, -0.05) is 13.0 Å². The predicted octanol–water partition coefficient (Wildman–Crippen LogP) is 2.24. The fraction of sp³-hybridized carbons (Fsp3) is 0.429. The summed E-state index contributed by atoms with van der Waals surface area (Å²) in [6, 6.07) is 5.03. The van der Waals surface area contributed by atoms with Gasteiger partial charge in [0, 0.05) is 12.5 Å². The third-order valence-corrected chi connectivity index (χ3v) is 2.87. The Bertz CT molecular complexity index is 449. The van der Waals surface area contributed by atoms with Gasteiger partial charge < -0.3 is 5.32 Å². The van der Waals surface area contributed by atoms with Crippen molar-refractivity contribution < 1.29 is 14.0 Å². The molecule has 4 nitrogen and oxygen atoms in total. The standard InChI is InChI=1S/C14H19FN2O2/c1-3-11-5-6-13(12(15)8-11)17-10(2)4-7-14(19)16-9-18/h5-6,8-10,17H,3-4,7H2,1-2H3,(H,16,18,19). The lowest BCUT2D eigenvalue weighted by Crippen LogP contribution is -2.24. The van der Waals surface area contributed by atoms with Crippen molar-refractivity contribution >= 4 is 18.0 Å². The number of benzene rings is 1. The molecular formula is C14H19FN2O2. The Kier molecular flexibility index (Phi) is 5.99. The van der Waals surface area contributed by atoms with Crippen molar-refractivity contribution in [2.45, 2.75) is 39.2 Å². The van der Waals surface area contributed by atoms with Gasteiger partial charge in [-0.15, -0.1) is 0 Å². The summed E-state index contributed by atoms with van der Waals surface area (Å²) in [6.45, 7) is 3.83. The molecule has 19 heavy (non-hydrogen) atoms. The summed E-state index contributed by atoms with van der Waals surface area (Å²) >= 11 is 0. The number of hydrogen-bond acceptors (Lipinski definition) is 3. The molecule has 1 atom stereocenters. The molecule has 0 radical (unpaired) electrons. The van der Waals surface area contributed by atoms with Crippen LogP contribution in [0.3, 0.4) is 0 Å². The molecule has 0 saturated carbocycles. The van der Waals surface area contributed by atoms with Crippen LogP contribution in [-0.4, -0.2) is 18.4 Å². The molecule has 1 aromatic rings. The summed E-state index contributed by atoms with van der Waals surface area (Å²) in [6.07, 6.45) is 1.90. The minimum absolute atomic E-state index is 0.0561. The molecule has 0 aromatic heterocycles. The van der Waals surface area contributed by atoms with Gasteiger partial charge in [0.25, 0.3) is 0 Å². The smallest absolute Gasteiger partial charge is 0.226 e. The topological polar surface area (TPSA) is 58.2 Å². The Morgan fingerprint density at radius 2 is 2.21 bits per heavy atom. The Balaban J connectivity index is 2.50. The molecule has 1 unspecified atom stereocenters. The number of rotatable bonds is 7.